The fourth-order valence-corrected chi connectivity index (χ4v) is 4.34. The van der Waals surface area contributed by atoms with Crippen molar-refractivity contribution in [3.05, 3.63) is 115 Å². The van der Waals surface area contributed by atoms with Crippen molar-refractivity contribution in [3.8, 4) is 33.5 Å². The first kappa shape index (κ1) is 19.8. The minimum absolute atomic E-state index is 0.314. The zero-order valence-corrected chi connectivity index (χ0v) is 17.9. The number of benzene rings is 3. The Labute approximate surface area is 187 Å². The quantitative estimate of drug-likeness (QED) is 0.285. The summed E-state index contributed by atoms with van der Waals surface area (Å²) in [6.45, 7) is 2.16. The number of hydrogen-bond acceptors (Lipinski definition) is 2. The van der Waals surface area contributed by atoms with Crippen molar-refractivity contribution in [2.75, 3.05) is 6.61 Å². The second kappa shape index (κ2) is 8.56. The van der Waals surface area contributed by atoms with Crippen LogP contribution in [-0.4, -0.2) is 17.0 Å². The van der Waals surface area contributed by atoms with E-state index in [4.69, 9.17) is 4.74 Å². The molecule has 0 N–H and O–H groups in total. The number of fused-ring (bicyclic) bond motifs is 1. The van der Waals surface area contributed by atoms with Gasteiger partial charge in [0.05, 0.1) is 23.4 Å². The summed E-state index contributed by atoms with van der Waals surface area (Å²) in [6.07, 6.45) is 2.06. The van der Waals surface area contributed by atoms with Gasteiger partial charge in [-0.15, -0.1) is 0 Å². The summed E-state index contributed by atoms with van der Waals surface area (Å²) in [5.74, 6) is -0.314. The van der Waals surface area contributed by atoms with Gasteiger partial charge in [0, 0.05) is 17.3 Å². The number of carbonyl (C=O) groups is 1. The Kier molecular flexibility index (Phi) is 5.30. The second-order valence-corrected chi connectivity index (χ2v) is 7.56. The van der Waals surface area contributed by atoms with E-state index in [9.17, 15) is 4.79 Å². The SMILES string of the molecule is CCOC(=O)c1c(-c2ccccc2)c(-c2ccccc2)n2cccc2c1-c1ccccc1. The Morgan fingerprint density at radius 3 is 1.78 bits per heavy atom. The number of hydrogen-bond donors (Lipinski definition) is 0. The summed E-state index contributed by atoms with van der Waals surface area (Å²) in [5, 5.41) is 0. The average molecular weight is 418 g/mol. The molecule has 32 heavy (non-hydrogen) atoms. The zero-order chi connectivity index (χ0) is 21.9. The van der Waals surface area contributed by atoms with Crippen LogP contribution in [0.15, 0.2) is 109 Å². The van der Waals surface area contributed by atoms with Gasteiger partial charge in [-0.3, -0.25) is 0 Å². The van der Waals surface area contributed by atoms with Gasteiger partial charge in [-0.05, 0) is 35.7 Å². The lowest BCUT2D eigenvalue weighted by Gasteiger charge is -2.22. The smallest absolute Gasteiger partial charge is 0.339 e. The highest BCUT2D eigenvalue weighted by molar-refractivity contribution is 6.11. The summed E-state index contributed by atoms with van der Waals surface area (Å²) < 4.78 is 7.80. The van der Waals surface area contributed by atoms with Gasteiger partial charge in [0.15, 0.2) is 0 Å². The van der Waals surface area contributed by atoms with Crippen molar-refractivity contribution in [2.45, 2.75) is 6.92 Å². The van der Waals surface area contributed by atoms with Crippen molar-refractivity contribution in [3.63, 3.8) is 0 Å². The Morgan fingerprint density at radius 2 is 1.22 bits per heavy atom. The molecular weight excluding hydrogens is 394 g/mol. The van der Waals surface area contributed by atoms with Crippen LogP contribution in [0.25, 0.3) is 39.0 Å². The molecule has 0 aliphatic heterocycles. The fraction of sp³-hybridized carbons (Fsp3) is 0.0690. The van der Waals surface area contributed by atoms with Crippen LogP contribution in [0.4, 0.5) is 0 Å². The minimum Gasteiger partial charge on any atom is -0.462 e. The second-order valence-electron chi connectivity index (χ2n) is 7.56. The molecular formula is C29H23NO2. The predicted molar refractivity (Wildman–Crippen MR) is 130 cm³/mol. The van der Waals surface area contributed by atoms with Crippen molar-refractivity contribution in [2.24, 2.45) is 0 Å². The molecule has 0 radical (unpaired) electrons. The Balaban J connectivity index is 2.01. The highest BCUT2D eigenvalue weighted by atomic mass is 16.5. The van der Waals surface area contributed by atoms with Gasteiger partial charge in [0.25, 0.3) is 0 Å². The highest BCUT2D eigenvalue weighted by Crippen LogP contribution is 2.43. The molecule has 0 aliphatic carbocycles. The number of ether oxygens (including phenoxy) is 1. The van der Waals surface area contributed by atoms with E-state index >= 15 is 0 Å². The lowest BCUT2D eigenvalue weighted by molar-refractivity contribution is 0.0528. The van der Waals surface area contributed by atoms with Crippen molar-refractivity contribution >= 4 is 11.5 Å². The third-order valence-corrected chi connectivity index (χ3v) is 5.63. The van der Waals surface area contributed by atoms with E-state index in [0.29, 0.717) is 12.2 Å². The molecule has 0 aliphatic rings. The van der Waals surface area contributed by atoms with Crippen molar-refractivity contribution in [1.29, 1.82) is 0 Å². The van der Waals surface area contributed by atoms with Gasteiger partial charge in [-0.25, -0.2) is 4.79 Å². The molecule has 0 spiro atoms. The van der Waals surface area contributed by atoms with E-state index < -0.39 is 0 Å². The topological polar surface area (TPSA) is 30.7 Å². The number of rotatable bonds is 5. The minimum atomic E-state index is -0.314. The van der Waals surface area contributed by atoms with Crippen LogP contribution in [0.1, 0.15) is 17.3 Å². The van der Waals surface area contributed by atoms with E-state index in [-0.39, 0.29) is 5.97 Å². The fourth-order valence-electron chi connectivity index (χ4n) is 4.34. The van der Waals surface area contributed by atoms with Gasteiger partial charge in [0.2, 0.25) is 0 Å². The van der Waals surface area contributed by atoms with Crippen LogP contribution >= 0.6 is 0 Å². The van der Waals surface area contributed by atoms with Gasteiger partial charge < -0.3 is 9.14 Å². The van der Waals surface area contributed by atoms with Crippen LogP contribution in [-0.2, 0) is 4.74 Å². The van der Waals surface area contributed by atoms with E-state index in [2.05, 4.69) is 40.9 Å². The van der Waals surface area contributed by atoms with Gasteiger partial charge >= 0.3 is 5.97 Å². The average Bonchev–Trinajstić information content (AvgIpc) is 3.33. The molecule has 3 nitrogen and oxygen atoms in total. The van der Waals surface area contributed by atoms with Crippen LogP contribution in [0, 0.1) is 0 Å². The van der Waals surface area contributed by atoms with E-state index in [1.807, 2.05) is 79.7 Å². The number of pyridine rings is 1. The van der Waals surface area contributed by atoms with Crippen molar-refractivity contribution in [1.82, 2.24) is 4.40 Å². The van der Waals surface area contributed by atoms with Crippen LogP contribution in [0.2, 0.25) is 0 Å². The number of aromatic nitrogens is 1. The van der Waals surface area contributed by atoms with Crippen LogP contribution < -0.4 is 0 Å². The third-order valence-electron chi connectivity index (χ3n) is 5.63. The maximum atomic E-state index is 13.6. The normalized spacial score (nSPS) is 10.9. The molecule has 0 saturated carbocycles. The predicted octanol–water partition coefficient (Wildman–Crippen LogP) is 7.12. The molecule has 0 amide bonds. The maximum absolute atomic E-state index is 13.6. The lowest BCUT2D eigenvalue weighted by Crippen LogP contribution is -2.12. The highest BCUT2D eigenvalue weighted by Gasteiger charge is 2.27. The molecule has 0 saturated heterocycles. The molecule has 156 valence electrons. The van der Waals surface area contributed by atoms with Crippen LogP contribution in [0.3, 0.4) is 0 Å². The maximum Gasteiger partial charge on any atom is 0.339 e. The van der Waals surface area contributed by atoms with Gasteiger partial charge in [0.1, 0.15) is 0 Å². The van der Waals surface area contributed by atoms with E-state index in [0.717, 1.165) is 39.0 Å². The summed E-state index contributed by atoms with van der Waals surface area (Å²) in [4.78, 5) is 13.6. The molecule has 2 heterocycles. The first-order chi connectivity index (χ1) is 15.8. The lowest BCUT2D eigenvalue weighted by atomic mass is 9.88. The molecule has 0 fully saturated rings. The molecule has 0 bridgehead atoms. The summed E-state index contributed by atoms with van der Waals surface area (Å²) in [5.41, 5.74) is 7.29. The molecule has 0 unspecified atom stereocenters. The first-order valence-corrected chi connectivity index (χ1v) is 10.8. The summed E-state index contributed by atoms with van der Waals surface area (Å²) >= 11 is 0. The third kappa shape index (κ3) is 3.38. The number of nitrogens with zero attached hydrogens (tertiary/aromatic N) is 1. The van der Waals surface area contributed by atoms with Crippen molar-refractivity contribution < 1.29 is 9.53 Å². The Hall–Kier alpha value is -4.11. The van der Waals surface area contributed by atoms with Gasteiger partial charge in [-0.2, -0.15) is 0 Å². The summed E-state index contributed by atoms with van der Waals surface area (Å²) in [7, 11) is 0. The Bertz CT molecular complexity index is 1370. The van der Waals surface area contributed by atoms with E-state index in [1.165, 1.54) is 0 Å². The van der Waals surface area contributed by atoms with Crippen LogP contribution in [0.5, 0.6) is 0 Å². The molecule has 2 aromatic heterocycles. The number of carbonyl (C=O) groups excluding carboxylic acids is 1. The molecule has 5 rings (SSSR count). The monoisotopic (exact) mass is 417 g/mol. The molecule has 5 aromatic rings. The largest absolute Gasteiger partial charge is 0.462 e. The first-order valence-electron chi connectivity index (χ1n) is 10.8. The molecule has 3 aromatic carbocycles. The zero-order valence-electron chi connectivity index (χ0n) is 17.9. The standard InChI is InChI=1S/C29H23NO2/c1-2-32-29(31)27-25(21-13-6-3-7-14-21)24-19-12-20-30(24)28(23-17-10-5-11-18-23)26(27)22-15-8-4-9-16-22/h3-20H,2H2,1H3. The number of esters is 1. The van der Waals surface area contributed by atoms with Gasteiger partial charge in [-0.1, -0.05) is 91.0 Å². The molecule has 0 atom stereocenters. The summed E-state index contributed by atoms with van der Waals surface area (Å²) in [6, 6.07) is 34.5. The van der Waals surface area contributed by atoms with E-state index in [1.54, 1.807) is 0 Å². The molecule has 3 heteroatoms. The Morgan fingerprint density at radius 1 is 0.688 bits per heavy atom.